The van der Waals surface area contributed by atoms with Crippen molar-refractivity contribution in [3.05, 3.63) is 40.0 Å². The minimum atomic E-state index is -0.0649. The number of amides is 1. The Kier molecular flexibility index (Phi) is 4.60. The summed E-state index contributed by atoms with van der Waals surface area (Å²) in [6, 6.07) is 5.54. The Hall–Kier alpha value is -1.65. The molecule has 3 rings (SSSR count). The molecule has 116 valence electrons. The van der Waals surface area contributed by atoms with Crippen molar-refractivity contribution >= 4 is 28.4 Å². The van der Waals surface area contributed by atoms with Crippen LogP contribution >= 0.6 is 11.6 Å². The number of nitrogens with zero attached hydrogens (tertiary/aromatic N) is 1. The first-order chi connectivity index (χ1) is 10.7. The molecule has 1 heterocycles. The predicted molar refractivity (Wildman–Crippen MR) is 87.6 cm³/mol. The van der Waals surface area contributed by atoms with Crippen molar-refractivity contribution in [2.24, 2.45) is 0 Å². The molecule has 0 saturated heterocycles. The van der Waals surface area contributed by atoms with Gasteiger partial charge in [-0.05, 0) is 49.4 Å². The lowest BCUT2D eigenvalue weighted by Crippen LogP contribution is -2.29. The van der Waals surface area contributed by atoms with E-state index in [2.05, 4.69) is 5.32 Å². The van der Waals surface area contributed by atoms with Crippen LogP contribution in [-0.2, 0) is 17.6 Å². The van der Waals surface area contributed by atoms with Crippen molar-refractivity contribution in [1.82, 2.24) is 10.3 Å². The molecule has 0 fully saturated rings. The van der Waals surface area contributed by atoms with Gasteiger partial charge in [-0.15, -0.1) is 0 Å². The number of fused-ring (bicyclic) bond motifs is 2. The van der Waals surface area contributed by atoms with Crippen LogP contribution in [0.3, 0.4) is 0 Å². The Labute approximate surface area is 134 Å². The number of benzene rings is 1. The summed E-state index contributed by atoms with van der Waals surface area (Å²) in [5.74, 6) is -0.0649. The van der Waals surface area contributed by atoms with Gasteiger partial charge >= 0.3 is 0 Å². The van der Waals surface area contributed by atoms with Gasteiger partial charge in [-0.3, -0.25) is 9.78 Å². The van der Waals surface area contributed by atoms with E-state index in [4.69, 9.17) is 21.3 Å². The third-order valence-corrected chi connectivity index (χ3v) is 4.28. The van der Waals surface area contributed by atoms with Gasteiger partial charge in [-0.2, -0.15) is 0 Å². The number of nitrogens with one attached hydrogen (secondary N) is 1. The normalized spacial score (nSPS) is 13.9. The molecule has 22 heavy (non-hydrogen) atoms. The van der Waals surface area contributed by atoms with Crippen molar-refractivity contribution in [3.8, 4) is 0 Å². The third-order valence-electron chi connectivity index (χ3n) is 4.04. The Balaban J connectivity index is 2.11. The number of ether oxygens (including phenoxy) is 1. The quantitative estimate of drug-likeness (QED) is 0.881. The molecule has 0 aliphatic heterocycles. The minimum Gasteiger partial charge on any atom is -0.383 e. The van der Waals surface area contributed by atoms with Gasteiger partial charge < -0.3 is 10.1 Å². The topological polar surface area (TPSA) is 51.2 Å². The molecule has 0 radical (unpaired) electrons. The number of halogens is 1. The SMILES string of the molecule is COCCNC(=O)c1c2c(nc3ccc(Cl)cc13)CCCC2. The highest BCUT2D eigenvalue weighted by atomic mass is 35.5. The second-order valence-electron chi connectivity index (χ2n) is 5.53. The van der Waals surface area contributed by atoms with Crippen molar-refractivity contribution in [3.63, 3.8) is 0 Å². The van der Waals surface area contributed by atoms with Gasteiger partial charge in [0.2, 0.25) is 0 Å². The van der Waals surface area contributed by atoms with Crippen LogP contribution < -0.4 is 5.32 Å². The van der Waals surface area contributed by atoms with Crippen LogP contribution in [0.15, 0.2) is 18.2 Å². The van der Waals surface area contributed by atoms with Gasteiger partial charge in [-0.1, -0.05) is 11.6 Å². The Morgan fingerprint density at radius 1 is 1.36 bits per heavy atom. The second kappa shape index (κ2) is 6.63. The number of carbonyl (C=O) groups excluding carboxylic acids is 1. The molecule has 1 N–H and O–H groups in total. The van der Waals surface area contributed by atoms with Gasteiger partial charge in [-0.25, -0.2) is 0 Å². The molecule has 1 aliphatic rings. The van der Waals surface area contributed by atoms with Crippen LogP contribution in [0.5, 0.6) is 0 Å². The summed E-state index contributed by atoms with van der Waals surface area (Å²) in [5.41, 5.74) is 3.70. The highest BCUT2D eigenvalue weighted by Crippen LogP contribution is 2.30. The number of pyridine rings is 1. The molecule has 0 bridgehead atoms. The van der Waals surface area contributed by atoms with Gasteiger partial charge in [0.25, 0.3) is 5.91 Å². The molecule has 5 heteroatoms. The maximum absolute atomic E-state index is 12.7. The molecule has 1 aromatic heterocycles. The maximum Gasteiger partial charge on any atom is 0.252 e. The second-order valence-corrected chi connectivity index (χ2v) is 5.97. The molecular formula is C17H19ClN2O2. The fourth-order valence-electron chi connectivity index (χ4n) is 3.01. The zero-order valence-electron chi connectivity index (χ0n) is 12.6. The average Bonchev–Trinajstić information content (AvgIpc) is 2.52. The maximum atomic E-state index is 12.7. The van der Waals surface area contributed by atoms with Crippen molar-refractivity contribution in [2.45, 2.75) is 25.7 Å². The number of aromatic nitrogens is 1. The number of rotatable bonds is 4. The van der Waals surface area contributed by atoms with E-state index in [9.17, 15) is 4.79 Å². The molecule has 1 amide bonds. The van der Waals surface area contributed by atoms with E-state index in [1.807, 2.05) is 18.2 Å². The lowest BCUT2D eigenvalue weighted by Gasteiger charge is -2.20. The number of hydrogen-bond acceptors (Lipinski definition) is 3. The number of aryl methyl sites for hydroxylation is 1. The summed E-state index contributed by atoms with van der Waals surface area (Å²) in [4.78, 5) is 17.4. The number of carbonyl (C=O) groups is 1. The fourth-order valence-corrected chi connectivity index (χ4v) is 3.18. The van der Waals surface area contributed by atoms with Crippen LogP contribution in [0, 0.1) is 0 Å². The lowest BCUT2D eigenvalue weighted by atomic mass is 9.89. The standard InChI is InChI=1S/C17H19ClN2O2/c1-22-9-8-19-17(21)16-12-4-2-3-5-14(12)20-15-7-6-11(18)10-13(15)16/h6-7,10H,2-5,8-9H2,1H3,(H,19,21). The smallest absolute Gasteiger partial charge is 0.252 e. The number of methoxy groups -OCH3 is 1. The largest absolute Gasteiger partial charge is 0.383 e. The molecule has 1 aromatic carbocycles. The van der Waals surface area contributed by atoms with E-state index >= 15 is 0 Å². The summed E-state index contributed by atoms with van der Waals surface area (Å²) in [6.45, 7) is 0.992. The molecule has 0 saturated carbocycles. The average molecular weight is 319 g/mol. The van der Waals surface area contributed by atoms with E-state index in [0.717, 1.165) is 53.4 Å². The highest BCUT2D eigenvalue weighted by molar-refractivity contribution is 6.31. The predicted octanol–water partition coefficient (Wildman–Crippen LogP) is 3.14. The van der Waals surface area contributed by atoms with Gasteiger partial charge in [0.05, 0.1) is 17.7 Å². The molecule has 1 aliphatic carbocycles. The number of hydrogen-bond donors (Lipinski definition) is 1. The molecule has 0 unspecified atom stereocenters. The van der Waals surface area contributed by atoms with Gasteiger partial charge in [0.1, 0.15) is 0 Å². The van der Waals surface area contributed by atoms with E-state index < -0.39 is 0 Å². The van der Waals surface area contributed by atoms with Gasteiger partial charge in [0, 0.05) is 29.8 Å². The molecule has 4 nitrogen and oxygen atoms in total. The summed E-state index contributed by atoms with van der Waals surface area (Å²) >= 11 is 6.13. The summed E-state index contributed by atoms with van der Waals surface area (Å²) in [7, 11) is 1.62. The zero-order chi connectivity index (χ0) is 15.5. The van der Waals surface area contributed by atoms with Crippen LogP contribution in [0.25, 0.3) is 10.9 Å². The van der Waals surface area contributed by atoms with Gasteiger partial charge in [0.15, 0.2) is 0 Å². The first-order valence-electron chi connectivity index (χ1n) is 7.59. The van der Waals surface area contributed by atoms with Crippen molar-refractivity contribution in [2.75, 3.05) is 20.3 Å². The van der Waals surface area contributed by atoms with Crippen LogP contribution in [0.4, 0.5) is 0 Å². The van der Waals surface area contributed by atoms with Crippen molar-refractivity contribution < 1.29 is 9.53 Å². The zero-order valence-corrected chi connectivity index (χ0v) is 13.4. The first kappa shape index (κ1) is 15.3. The van der Waals surface area contributed by atoms with E-state index in [1.165, 1.54) is 0 Å². The molecule has 0 atom stereocenters. The van der Waals surface area contributed by atoms with Crippen LogP contribution in [-0.4, -0.2) is 31.2 Å². The first-order valence-corrected chi connectivity index (χ1v) is 7.96. The Morgan fingerprint density at radius 2 is 2.18 bits per heavy atom. The van der Waals surface area contributed by atoms with E-state index in [0.29, 0.717) is 18.2 Å². The lowest BCUT2D eigenvalue weighted by molar-refractivity contribution is 0.0937. The van der Waals surface area contributed by atoms with Crippen LogP contribution in [0.1, 0.15) is 34.5 Å². The summed E-state index contributed by atoms with van der Waals surface area (Å²) in [5, 5.41) is 4.38. The molecule has 2 aromatic rings. The minimum absolute atomic E-state index is 0.0649. The highest BCUT2D eigenvalue weighted by Gasteiger charge is 2.22. The van der Waals surface area contributed by atoms with E-state index in [1.54, 1.807) is 7.11 Å². The molecular weight excluding hydrogens is 300 g/mol. The monoisotopic (exact) mass is 318 g/mol. The van der Waals surface area contributed by atoms with E-state index in [-0.39, 0.29) is 5.91 Å². The summed E-state index contributed by atoms with van der Waals surface area (Å²) < 4.78 is 5.00. The van der Waals surface area contributed by atoms with Crippen molar-refractivity contribution in [1.29, 1.82) is 0 Å². The third kappa shape index (κ3) is 2.94. The fraction of sp³-hybridized carbons (Fsp3) is 0.412. The Morgan fingerprint density at radius 3 is 3.00 bits per heavy atom. The molecule has 0 spiro atoms. The Bertz CT molecular complexity index is 715. The van der Waals surface area contributed by atoms with Crippen LogP contribution in [0.2, 0.25) is 5.02 Å². The summed E-state index contributed by atoms with van der Waals surface area (Å²) in [6.07, 6.45) is 4.06.